The number of hydrogen-bond acceptors (Lipinski definition) is 4. The Morgan fingerprint density at radius 3 is 3.09 bits per heavy atom. The highest BCUT2D eigenvalue weighted by Crippen LogP contribution is 2.42. The summed E-state index contributed by atoms with van der Waals surface area (Å²) in [6.07, 6.45) is 1.90. The molecule has 1 N–H and O–H groups in total. The number of halogens is 1. The molecule has 3 heterocycles. The number of aromatic nitrogens is 1. The molecule has 0 saturated carbocycles. The van der Waals surface area contributed by atoms with Gasteiger partial charge in [-0.2, -0.15) is 0 Å². The molecule has 2 aliphatic rings. The third kappa shape index (κ3) is 2.59. The maximum Gasteiger partial charge on any atom is 0.0737 e. The van der Waals surface area contributed by atoms with Gasteiger partial charge in [0.15, 0.2) is 0 Å². The van der Waals surface area contributed by atoms with Crippen molar-refractivity contribution in [1.82, 2.24) is 15.2 Å². The first-order valence-corrected chi connectivity index (χ1v) is 8.60. The van der Waals surface area contributed by atoms with Gasteiger partial charge in [0.2, 0.25) is 0 Å². The molecule has 2 aliphatic heterocycles. The molecule has 2 unspecified atom stereocenters. The van der Waals surface area contributed by atoms with Crippen molar-refractivity contribution in [2.24, 2.45) is 11.3 Å². The number of anilines is 1. The summed E-state index contributed by atoms with van der Waals surface area (Å²) in [4.78, 5) is 9.36. The smallest absolute Gasteiger partial charge is 0.0737 e. The monoisotopic (exact) mass is 330 g/mol. The highest BCUT2D eigenvalue weighted by Gasteiger charge is 2.49. The topological polar surface area (TPSA) is 31.4 Å². The van der Waals surface area contributed by atoms with Crippen LogP contribution in [0.25, 0.3) is 10.9 Å². The van der Waals surface area contributed by atoms with E-state index in [1.165, 1.54) is 11.1 Å². The van der Waals surface area contributed by atoms with Crippen LogP contribution in [0.4, 0.5) is 5.69 Å². The summed E-state index contributed by atoms with van der Waals surface area (Å²) < 4.78 is 0. The largest absolute Gasteiger partial charge is 0.370 e. The van der Waals surface area contributed by atoms with E-state index in [0.29, 0.717) is 11.3 Å². The van der Waals surface area contributed by atoms with E-state index in [4.69, 9.17) is 11.6 Å². The molecule has 4 nitrogen and oxygen atoms in total. The lowest BCUT2D eigenvalue weighted by Crippen LogP contribution is -2.41. The summed E-state index contributed by atoms with van der Waals surface area (Å²) in [6.45, 7) is 5.59. The standard InChI is InChI=1S/C18H23ClN4/c1-22(2)11-18-10-20-8-13(18)9-23(12-18)17-5-6-21-16-7-14(19)3-4-15(16)17/h3-7,13,20H,8-12H2,1-2H3. The van der Waals surface area contributed by atoms with E-state index in [1.807, 2.05) is 18.3 Å². The number of rotatable bonds is 3. The van der Waals surface area contributed by atoms with Gasteiger partial charge in [-0.05, 0) is 44.3 Å². The molecular weight excluding hydrogens is 308 g/mol. The Morgan fingerprint density at radius 2 is 2.26 bits per heavy atom. The Bertz CT molecular complexity index is 732. The molecule has 0 amide bonds. The SMILES string of the molecule is CN(C)CC12CNCC1CN(c1ccnc3cc(Cl)ccc13)C2. The van der Waals surface area contributed by atoms with Crippen LogP contribution in [0.2, 0.25) is 5.02 Å². The molecule has 1 aromatic heterocycles. The van der Waals surface area contributed by atoms with E-state index in [9.17, 15) is 0 Å². The lowest BCUT2D eigenvalue weighted by molar-refractivity contribution is 0.205. The minimum atomic E-state index is 0.353. The van der Waals surface area contributed by atoms with E-state index in [-0.39, 0.29) is 0 Å². The zero-order valence-electron chi connectivity index (χ0n) is 13.7. The van der Waals surface area contributed by atoms with Gasteiger partial charge < -0.3 is 15.1 Å². The second-order valence-corrected chi connectivity index (χ2v) is 7.74. The number of nitrogens with zero attached hydrogens (tertiary/aromatic N) is 3. The van der Waals surface area contributed by atoms with Crippen LogP contribution in [-0.2, 0) is 0 Å². The Kier molecular flexibility index (Phi) is 3.71. The Morgan fingerprint density at radius 1 is 1.39 bits per heavy atom. The molecule has 1 aromatic carbocycles. The normalized spacial score (nSPS) is 27.1. The van der Waals surface area contributed by atoms with Crippen LogP contribution in [-0.4, -0.2) is 56.7 Å². The quantitative estimate of drug-likeness (QED) is 0.937. The molecule has 2 atom stereocenters. The highest BCUT2D eigenvalue weighted by atomic mass is 35.5. The zero-order chi connectivity index (χ0) is 16.0. The third-order valence-electron chi connectivity index (χ3n) is 5.33. The number of nitrogens with one attached hydrogen (secondary N) is 1. The van der Waals surface area contributed by atoms with Crippen LogP contribution in [0, 0.1) is 11.3 Å². The van der Waals surface area contributed by atoms with E-state index in [2.05, 4.69) is 46.3 Å². The Labute approximate surface area is 142 Å². The first-order valence-electron chi connectivity index (χ1n) is 8.22. The molecule has 2 aromatic rings. The Balaban J connectivity index is 1.70. The van der Waals surface area contributed by atoms with Crippen molar-refractivity contribution in [2.75, 3.05) is 51.7 Å². The molecule has 2 fully saturated rings. The van der Waals surface area contributed by atoms with Crippen molar-refractivity contribution in [3.8, 4) is 0 Å². The average molecular weight is 331 g/mol. The number of fused-ring (bicyclic) bond motifs is 2. The minimum Gasteiger partial charge on any atom is -0.370 e. The lowest BCUT2D eigenvalue weighted by atomic mass is 9.80. The van der Waals surface area contributed by atoms with Crippen molar-refractivity contribution in [3.05, 3.63) is 35.5 Å². The Hall–Kier alpha value is -1.36. The van der Waals surface area contributed by atoms with Crippen molar-refractivity contribution in [3.63, 3.8) is 0 Å². The fraction of sp³-hybridized carbons (Fsp3) is 0.500. The molecular formula is C18H23ClN4. The van der Waals surface area contributed by atoms with Gasteiger partial charge in [-0.1, -0.05) is 11.6 Å². The van der Waals surface area contributed by atoms with Crippen LogP contribution in [0.15, 0.2) is 30.5 Å². The summed E-state index contributed by atoms with van der Waals surface area (Å²) in [5.41, 5.74) is 2.62. The molecule has 23 heavy (non-hydrogen) atoms. The average Bonchev–Trinajstić information content (AvgIpc) is 3.01. The second kappa shape index (κ2) is 5.62. The van der Waals surface area contributed by atoms with Crippen molar-refractivity contribution < 1.29 is 0 Å². The van der Waals surface area contributed by atoms with Crippen molar-refractivity contribution >= 4 is 28.2 Å². The summed E-state index contributed by atoms with van der Waals surface area (Å²) in [5, 5.41) is 5.55. The molecule has 0 radical (unpaired) electrons. The summed E-state index contributed by atoms with van der Waals surface area (Å²) >= 11 is 6.12. The minimum absolute atomic E-state index is 0.353. The van der Waals surface area contributed by atoms with Gasteiger partial charge in [0.25, 0.3) is 0 Å². The maximum atomic E-state index is 6.12. The second-order valence-electron chi connectivity index (χ2n) is 7.30. The zero-order valence-corrected chi connectivity index (χ0v) is 14.5. The van der Waals surface area contributed by atoms with E-state index in [0.717, 1.165) is 43.3 Å². The predicted octanol–water partition coefficient (Wildman–Crippen LogP) is 2.48. The lowest BCUT2D eigenvalue weighted by Gasteiger charge is -2.31. The fourth-order valence-corrected chi connectivity index (χ4v) is 4.61. The van der Waals surface area contributed by atoms with Crippen LogP contribution >= 0.6 is 11.6 Å². The van der Waals surface area contributed by atoms with Gasteiger partial charge >= 0.3 is 0 Å². The summed E-state index contributed by atoms with van der Waals surface area (Å²) in [5.74, 6) is 0.709. The third-order valence-corrected chi connectivity index (χ3v) is 5.57. The molecule has 5 heteroatoms. The van der Waals surface area contributed by atoms with E-state index in [1.54, 1.807) is 0 Å². The molecule has 4 rings (SSSR count). The van der Waals surface area contributed by atoms with Gasteiger partial charge in [0.05, 0.1) is 5.52 Å². The fourth-order valence-electron chi connectivity index (χ4n) is 4.44. The van der Waals surface area contributed by atoms with Gasteiger partial charge in [-0.3, -0.25) is 4.98 Å². The van der Waals surface area contributed by atoms with Gasteiger partial charge in [-0.25, -0.2) is 0 Å². The first-order chi connectivity index (χ1) is 11.1. The molecule has 0 aliphatic carbocycles. The number of pyridine rings is 1. The number of benzene rings is 1. The summed E-state index contributed by atoms with van der Waals surface area (Å²) in [7, 11) is 4.35. The van der Waals surface area contributed by atoms with Gasteiger partial charge in [0.1, 0.15) is 0 Å². The molecule has 2 saturated heterocycles. The van der Waals surface area contributed by atoms with E-state index >= 15 is 0 Å². The maximum absolute atomic E-state index is 6.12. The number of hydrogen-bond donors (Lipinski definition) is 1. The first kappa shape index (κ1) is 15.2. The van der Waals surface area contributed by atoms with Gasteiger partial charge in [-0.15, -0.1) is 0 Å². The molecule has 0 spiro atoms. The van der Waals surface area contributed by atoms with Crippen LogP contribution in [0.3, 0.4) is 0 Å². The highest BCUT2D eigenvalue weighted by molar-refractivity contribution is 6.31. The van der Waals surface area contributed by atoms with Gasteiger partial charge in [0, 0.05) is 60.4 Å². The molecule has 122 valence electrons. The van der Waals surface area contributed by atoms with Crippen molar-refractivity contribution in [2.45, 2.75) is 0 Å². The van der Waals surface area contributed by atoms with E-state index < -0.39 is 0 Å². The van der Waals surface area contributed by atoms with Crippen LogP contribution in [0.1, 0.15) is 0 Å². The van der Waals surface area contributed by atoms with Crippen LogP contribution in [0.5, 0.6) is 0 Å². The van der Waals surface area contributed by atoms with Crippen molar-refractivity contribution in [1.29, 1.82) is 0 Å². The summed E-state index contributed by atoms with van der Waals surface area (Å²) in [6, 6.07) is 8.16. The predicted molar refractivity (Wildman–Crippen MR) is 96.3 cm³/mol. The van der Waals surface area contributed by atoms with Crippen LogP contribution < -0.4 is 10.2 Å². The molecule has 0 bridgehead atoms.